The Balaban J connectivity index is 3.23. The van der Waals surface area contributed by atoms with Crippen molar-refractivity contribution in [1.29, 1.82) is 0 Å². The van der Waals surface area contributed by atoms with E-state index in [9.17, 15) is 22.4 Å². The number of carboxylic acid groups (broad SMARTS) is 1. The van der Waals surface area contributed by atoms with Crippen LogP contribution >= 0.6 is 0 Å². The van der Waals surface area contributed by atoms with Crippen LogP contribution in [0.5, 0.6) is 0 Å². The van der Waals surface area contributed by atoms with E-state index in [1.807, 2.05) is 0 Å². The molecule has 0 aliphatic rings. The standard InChI is InChI=1S/C10H11FN2O5S/c11-7-3-1-2-4-8(7)19(17,18)13(5-9(12)14)6-10(15)16/h1-4H,5-6H2,(H2,12,14)(H,15,16). The van der Waals surface area contributed by atoms with Crippen molar-refractivity contribution in [2.75, 3.05) is 13.1 Å². The lowest BCUT2D eigenvalue weighted by molar-refractivity contribution is -0.137. The second-order valence-corrected chi connectivity index (χ2v) is 5.47. The maximum Gasteiger partial charge on any atom is 0.318 e. The zero-order chi connectivity index (χ0) is 14.6. The molecule has 0 fully saturated rings. The molecule has 0 aliphatic heterocycles. The van der Waals surface area contributed by atoms with Gasteiger partial charge in [-0.3, -0.25) is 9.59 Å². The number of rotatable bonds is 6. The first-order valence-electron chi connectivity index (χ1n) is 5.00. The minimum absolute atomic E-state index is 0.302. The van der Waals surface area contributed by atoms with Crippen LogP contribution in [0.2, 0.25) is 0 Å². The number of hydrogen-bond donors (Lipinski definition) is 2. The number of carbonyl (C=O) groups is 2. The van der Waals surface area contributed by atoms with Crippen LogP contribution in [-0.4, -0.2) is 42.8 Å². The maximum atomic E-state index is 13.5. The molecule has 0 saturated heterocycles. The fourth-order valence-electron chi connectivity index (χ4n) is 1.34. The molecule has 0 radical (unpaired) electrons. The van der Waals surface area contributed by atoms with Crippen molar-refractivity contribution in [3.8, 4) is 0 Å². The summed E-state index contributed by atoms with van der Waals surface area (Å²) < 4.78 is 37.8. The molecule has 0 saturated carbocycles. The van der Waals surface area contributed by atoms with E-state index in [1.165, 1.54) is 12.1 Å². The number of primary amides is 1. The van der Waals surface area contributed by atoms with E-state index in [4.69, 9.17) is 10.8 Å². The van der Waals surface area contributed by atoms with Gasteiger partial charge in [0.1, 0.15) is 17.3 Å². The number of hydrogen-bond acceptors (Lipinski definition) is 4. The zero-order valence-electron chi connectivity index (χ0n) is 9.61. The molecule has 0 heterocycles. The van der Waals surface area contributed by atoms with E-state index < -0.39 is 45.7 Å². The molecule has 0 aliphatic carbocycles. The number of nitrogens with two attached hydrogens (primary N) is 1. The lowest BCUT2D eigenvalue weighted by Gasteiger charge is -2.18. The molecule has 1 amide bonds. The average Bonchev–Trinajstić information content (AvgIpc) is 2.27. The summed E-state index contributed by atoms with van der Waals surface area (Å²) in [4.78, 5) is 20.7. The highest BCUT2D eigenvalue weighted by Gasteiger charge is 2.30. The van der Waals surface area contributed by atoms with Gasteiger partial charge >= 0.3 is 5.97 Å². The number of aliphatic carboxylic acids is 1. The Morgan fingerprint density at radius 3 is 2.32 bits per heavy atom. The monoisotopic (exact) mass is 290 g/mol. The Kier molecular flexibility index (Phi) is 4.57. The van der Waals surface area contributed by atoms with Gasteiger partial charge in [0.15, 0.2) is 0 Å². The van der Waals surface area contributed by atoms with Crippen LogP contribution in [-0.2, 0) is 19.6 Å². The molecule has 0 aromatic heterocycles. The molecule has 3 N–H and O–H groups in total. The minimum atomic E-state index is -4.45. The first kappa shape index (κ1) is 15.1. The van der Waals surface area contributed by atoms with Gasteiger partial charge in [0.25, 0.3) is 0 Å². The third-order valence-corrected chi connectivity index (χ3v) is 3.92. The van der Waals surface area contributed by atoms with Crippen LogP contribution in [0.4, 0.5) is 4.39 Å². The molecule has 1 aromatic carbocycles. The van der Waals surface area contributed by atoms with Crippen LogP contribution in [0.15, 0.2) is 29.2 Å². The van der Waals surface area contributed by atoms with E-state index in [0.717, 1.165) is 12.1 Å². The van der Waals surface area contributed by atoms with Crippen LogP contribution in [0.25, 0.3) is 0 Å². The molecular weight excluding hydrogens is 279 g/mol. The quantitative estimate of drug-likeness (QED) is 0.724. The van der Waals surface area contributed by atoms with E-state index in [-0.39, 0.29) is 0 Å². The number of halogens is 1. The highest BCUT2D eigenvalue weighted by Crippen LogP contribution is 2.18. The number of carbonyl (C=O) groups excluding carboxylic acids is 1. The van der Waals surface area contributed by atoms with Gasteiger partial charge in [-0.15, -0.1) is 0 Å². The van der Waals surface area contributed by atoms with Gasteiger partial charge in [0.05, 0.1) is 6.54 Å². The maximum absolute atomic E-state index is 13.5. The molecular formula is C10H11FN2O5S. The Bertz CT molecular complexity index is 586. The van der Waals surface area contributed by atoms with Gasteiger partial charge in [-0.2, -0.15) is 4.31 Å². The summed E-state index contributed by atoms with van der Waals surface area (Å²) in [5.74, 6) is -3.57. The minimum Gasteiger partial charge on any atom is -0.480 e. The fourth-order valence-corrected chi connectivity index (χ4v) is 2.76. The third-order valence-electron chi connectivity index (χ3n) is 2.10. The van der Waals surface area contributed by atoms with Crippen molar-refractivity contribution in [3.63, 3.8) is 0 Å². The number of benzene rings is 1. The van der Waals surface area contributed by atoms with Crippen LogP contribution in [0.3, 0.4) is 0 Å². The first-order chi connectivity index (χ1) is 8.75. The van der Waals surface area contributed by atoms with Gasteiger partial charge in [-0.1, -0.05) is 12.1 Å². The largest absolute Gasteiger partial charge is 0.480 e. The topological polar surface area (TPSA) is 118 Å². The summed E-state index contributed by atoms with van der Waals surface area (Å²) in [5.41, 5.74) is 4.85. The predicted octanol–water partition coefficient (Wildman–Crippen LogP) is -0.614. The average molecular weight is 290 g/mol. The molecule has 0 spiro atoms. The number of amides is 1. The zero-order valence-corrected chi connectivity index (χ0v) is 10.4. The van der Waals surface area contributed by atoms with Crippen molar-refractivity contribution in [2.45, 2.75) is 4.90 Å². The molecule has 0 bridgehead atoms. The van der Waals surface area contributed by atoms with Crippen molar-refractivity contribution in [1.82, 2.24) is 4.31 Å². The highest BCUT2D eigenvalue weighted by molar-refractivity contribution is 7.89. The van der Waals surface area contributed by atoms with Gasteiger partial charge in [-0.05, 0) is 12.1 Å². The second-order valence-electron chi connectivity index (χ2n) is 3.56. The molecule has 1 aromatic rings. The lowest BCUT2D eigenvalue weighted by atomic mass is 10.4. The van der Waals surface area contributed by atoms with Crippen LogP contribution in [0, 0.1) is 5.82 Å². The first-order valence-corrected chi connectivity index (χ1v) is 6.44. The Hall–Kier alpha value is -2.00. The van der Waals surface area contributed by atoms with Crippen molar-refractivity contribution in [2.24, 2.45) is 5.73 Å². The van der Waals surface area contributed by atoms with E-state index in [1.54, 1.807) is 0 Å². The summed E-state index contributed by atoms with van der Waals surface area (Å²) in [7, 11) is -4.45. The highest BCUT2D eigenvalue weighted by atomic mass is 32.2. The Morgan fingerprint density at radius 2 is 1.84 bits per heavy atom. The lowest BCUT2D eigenvalue weighted by Crippen LogP contribution is -2.41. The SMILES string of the molecule is NC(=O)CN(CC(=O)O)S(=O)(=O)c1ccccc1F. The van der Waals surface area contributed by atoms with Crippen LogP contribution in [0.1, 0.15) is 0 Å². The summed E-state index contributed by atoms with van der Waals surface area (Å²) in [6.45, 7) is -1.83. The molecule has 9 heteroatoms. The number of carboxylic acids is 1. The van der Waals surface area contributed by atoms with Gasteiger partial charge in [0, 0.05) is 0 Å². The van der Waals surface area contributed by atoms with Crippen molar-refractivity contribution in [3.05, 3.63) is 30.1 Å². The summed E-state index contributed by atoms with van der Waals surface area (Å²) >= 11 is 0. The smallest absolute Gasteiger partial charge is 0.318 e. The molecule has 0 atom stereocenters. The van der Waals surface area contributed by atoms with Crippen LogP contribution < -0.4 is 5.73 Å². The third kappa shape index (κ3) is 3.73. The molecule has 104 valence electrons. The van der Waals surface area contributed by atoms with E-state index in [2.05, 4.69) is 0 Å². The Labute approximate surface area is 108 Å². The molecule has 19 heavy (non-hydrogen) atoms. The van der Waals surface area contributed by atoms with Gasteiger partial charge in [0.2, 0.25) is 15.9 Å². The van der Waals surface area contributed by atoms with E-state index >= 15 is 0 Å². The van der Waals surface area contributed by atoms with Gasteiger partial charge in [-0.25, -0.2) is 12.8 Å². The molecule has 7 nitrogen and oxygen atoms in total. The summed E-state index contributed by atoms with van der Waals surface area (Å²) in [5, 5.41) is 8.62. The number of sulfonamides is 1. The summed E-state index contributed by atoms with van der Waals surface area (Å²) in [6, 6.07) is 4.44. The van der Waals surface area contributed by atoms with Gasteiger partial charge < -0.3 is 10.8 Å². The second kappa shape index (κ2) is 5.76. The fraction of sp³-hybridized carbons (Fsp3) is 0.200. The van der Waals surface area contributed by atoms with Crippen molar-refractivity contribution < 1.29 is 27.5 Å². The normalized spacial score (nSPS) is 11.5. The summed E-state index contributed by atoms with van der Waals surface area (Å²) in [6.07, 6.45) is 0. The molecule has 0 unspecified atom stereocenters. The Morgan fingerprint density at radius 1 is 1.26 bits per heavy atom. The van der Waals surface area contributed by atoms with E-state index in [0.29, 0.717) is 4.31 Å². The number of nitrogens with zero attached hydrogens (tertiary/aromatic N) is 1. The predicted molar refractivity (Wildman–Crippen MR) is 62.0 cm³/mol. The molecule has 1 rings (SSSR count). The van der Waals surface area contributed by atoms with Crippen molar-refractivity contribution >= 4 is 21.9 Å².